The number of aromatic nitrogens is 1. The van der Waals surface area contributed by atoms with E-state index in [1.54, 1.807) is 12.3 Å². The molecule has 18 heavy (non-hydrogen) atoms. The van der Waals surface area contributed by atoms with Gasteiger partial charge in [0, 0.05) is 30.1 Å². The van der Waals surface area contributed by atoms with Crippen LogP contribution >= 0.6 is 0 Å². The Balaban J connectivity index is 2.26. The van der Waals surface area contributed by atoms with Crippen LogP contribution in [-0.4, -0.2) is 32.0 Å². The Bertz CT molecular complexity index is 668. The SMILES string of the molecule is CS(=O)(=O)CCNc1ccc(N)c2cccnc12. The van der Waals surface area contributed by atoms with Crippen molar-refractivity contribution in [3.05, 3.63) is 30.5 Å². The lowest BCUT2D eigenvalue weighted by Gasteiger charge is -2.09. The Hall–Kier alpha value is -1.82. The minimum absolute atomic E-state index is 0.0890. The summed E-state index contributed by atoms with van der Waals surface area (Å²) in [5, 5.41) is 3.94. The third-order valence-electron chi connectivity index (χ3n) is 2.59. The van der Waals surface area contributed by atoms with E-state index in [4.69, 9.17) is 5.73 Å². The van der Waals surface area contributed by atoms with Crippen LogP contribution < -0.4 is 11.1 Å². The lowest BCUT2D eigenvalue weighted by atomic mass is 10.1. The number of anilines is 2. The zero-order chi connectivity index (χ0) is 13.2. The largest absolute Gasteiger partial charge is 0.398 e. The summed E-state index contributed by atoms with van der Waals surface area (Å²) in [4.78, 5) is 4.27. The first-order valence-corrected chi connectivity index (χ1v) is 7.58. The van der Waals surface area contributed by atoms with Gasteiger partial charge in [0.2, 0.25) is 0 Å². The summed E-state index contributed by atoms with van der Waals surface area (Å²) in [6.45, 7) is 0.356. The molecular formula is C12H15N3O2S. The number of hydrogen-bond acceptors (Lipinski definition) is 5. The number of nitrogen functional groups attached to an aromatic ring is 1. The predicted molar refractivity (Wildman–Crippen MR) is 74.4 cm³/mol. The number of pyridine rings is 1. The predicted octanol–water partition coefficient (Wildman–Crippen LogP) is 1.27. The molecule has 0 aliphatic rings. The Morgan fingerprint density at radius 3 is 2.83 bits per heavy atom. The molecule has 1 aromatic heterocycles. The van der Waals surface area contributed by atoms with E-state index in [0.29, 0.717) is 12.2 Å². The highest BCUT2D eigenvalue weighted by atomic mass is 32.2. The fourth-order valence-corrected chi connectivity index (χ4v) is 2.18. The van der Waals surface area contributed by atoms with Crippen LogP contribution in [0.4, 0.5) is 11.4 Å². The highest BCUT2D eigenvalue weighted by Crippen LogP contribution is 2.25. The van der Waals surface area contributed by atoms with Gasteiger partial charge in [-0.2, -0.15) is 0 Å². The smallest absolute Gasteiger partial charge is 0.149 e. The second kappa shape index (κ2) is 4.81. The molecule has 1 heterocycles. The Morgan fingerprint density at radius 2 is 2.11 bits per heavy atom. The summed E-state index contributed by atoms with van der Waals surface area (Å²) in [6.07, 6.45) is 2.90. The molecule has 1 aromatic carbocycles. The normalized spacial score (nSPS) is 11.6. The minimum atomic E-state index is -2.96. The maximum atomic E-state index is 11.1. The van der Waals surface area contributed by atoms with E-state index >= 15 is 0 Å². The average molecular weight is 265 g/mol. The van der Waals surface area contributed by atoms with Gasteiger partial charge in [0.05, 0.1) is 17.0 Å². The Morgan fingerprint density at radius 1 is 1.33 bits per heavy atom. The highest BCUT2D eigenvalue weighted by Gasteiger charge is 2.06. The van der Waals surface area contributed by atoms with E-state index in [-0.39, 0.29) is 5.75 Å². The van der Waals surface area contributed by atoms with E-state index in [1.165, 1.54) is 6.26 Å². The average Bonchev–Trinajstić information content (AvgIpc) is 2.31. The van der Waals surface area contributed by atoms with E-state index in [0.717, 1.165) is 16.6 Å². The summed E-state index contributed by atoms with van der Waals surface area (Å²) < 4.78 is 22.1. The molecule has 3 N–H and O–H groups in total. The molecule has 0 saturated carbocycles. The van der Waals surface area contributed by atoms with Crippen LogP contribution in [0.15, 0.2) is 30.5 Å². The molecule has 0 amide bonds. The van der Waals surface area contributed by atoms with Crippen molar-refractivity contribution in [3.8, 4) is 0 Å². The zero-order valence-corrected chi connectivity index (χ0v) is 10.9. The number of nitrogens with two attached hydrogens (primary N) is 1. The van der Waals surface area contributed by atoms with Gasteiger partial charge < -0.3 is 11.1 Å². The van der Waals surface area contributed by atoms with Gasteiger partial charge in [-0.3, -0.25) is 4.98 Å². The van der Waals surface area contributed by atoms with E-state index in [1.807, 2.05) is 18.2 Å². The molecule has 0 radical (unpaired) electrons. The maximum absolute atomic E-state index is 11.1. The number of benzene rings is 1. The zero-order valence-electron chi connectivity index (χ0n) is 10.1. The second-order valence-electron chi connectivity index (χ2n) is 4.16. The highest BCUT2D eigenvalue weighted by molar-refractivity contribution is 7.90. The van der Waals surface area contributed by atoms with Gasteiger partial charge in [0.15, 0.2) is 0 Å². The first-order valence-electron chi connectivity index (χ1n) is 5.52. The monoisotopic (exact) mass is 265 g/mol. The van der Waals surface area contributed by atoms with Crippen molar-refractivity contribution >= 4 is 32.1 Å². The van der Waals surface area contributed by atoms with Crippen LogP contribution in [0.25, 0.3) is 10.9 Å². The van der Waals surface area contributed by atoms with Gasteiger partial charge in [0.25, 0.3) is 0 Å². The standard InChI is InChI=1S/C12H15N3O2S/c1-18(16,17)8-7-14-11-5-4-10(13)9-3-2-6-15-12(9)11/h2-6,14H,7-8,13H2,1H3. The van der Waals surface area contributed by atoms with Crippen LogP contribution in [0, 0.1) is 0 Å². The van der Waals surface area contributed by atoms with Crippen molar-refractivity contribution in [1.29, 1.82) is 0 Å². The van der Waals surface area contributed by atoms with Crippen molar-refractivity contribution in [3.63, 3.8) is 0 Å². The van der Waals surface area contributed by atoms with Crippen molar-refractivity contribution in [2.75, 3.05) is 29.6 Å². The fraction of sp³-hybridized carbons (Fsp3) is 0.250. The summed E-state index contributed by atoms with van der Waals surface area (Å²) in [6, 6.07) is 7.30. The van der Waals surface area contributed by atoms with Gasteiger partial charge in [-0.25, -0.2) is 8.42 Å². The molecule has 6 heteroatoms. The molecule has 0 saturated heterocycles. The first-order chi connectivity index (χ1) is 8.47. The quantitative estimate of drug-likeness (QED) is 0.813. The number of nitrogens with zero attached hydrogens (tertiary/aromatic N) is 1. The fourth-order valence-electron chi connectivity index (χ4n) is 1.71. The first kappa shape index (κ1) is 12.6. The van der Waals surface area contributed by atoms with Crippen LogP contribution in [0.3, 0.4) is 0 Å². The van der Waals surface area contributed by atoms with Crippen LogP contribution in [0.5, 0.6) is 0 Å². The maximum Gasteiger partial charge on any atom is 0.149 e. The van der Waals surface area contributed by atoms with Crippen molar-refractivity contribution in [2.45, 2.75) is 0 Å². The number of nitrogens with one attached hydrogen (secondary N) is 1. The number of fused-ring (bicyclic) bond motifs is 1. The lowest BCUT2D eigenvalue weighted by Crippen LogP contribution is -2.14. The van der Waals surface area contributed by atoms with Gasteiger partial charge in [0.1, 0.15) is 9.84 Å². The van der Waals surface area contributed by atoms with Gasteiger partial charge >= 0.3 is 0 Å². The topological polar surface area (TPSA) is 85.1 Å². The molecule has 0 spiro atoms. The molecule has 0 atom stereocenters. The number of rotatable bonds is 4. The van der Waals surface area contributed by atoms with Crippen molar-refractivity contribution in [1.82, 2.24) is 4.98 Å². The minimum Gasteiger partial charge on any atom is -0.398 e. The lowest BCUT2D eigenvalue weighted by molar-refractivity contribution is 0.602. The van der Waals surface area contributed by atoms with Gasteiger partial charge in [-0.15, -0.1) is 0 Å². The molecule has 0 aliphatic heterocycles. The number of hydrogen-bond donors (Lipinski definition) is 2. The van der Waals surface area contributed by atoms with Crippen molar-refractivity contribution < 1.29 is 8.42 Å². The molecule has 0 fully saturated rings. The van der Waals surface area contributed by atoms with Gasteiger partial charge in [-0.1, -0.05) is 0 Å². The summed E-state index contributed by atoms with van der Waals surface area (Å²) in [7, 11) is -2.96. The van der Waals surface area contributed by atoms with Crippen LogP contribution in [-0.2, 0) is 9.84 Å². The van der Waals surface area contributed by atoms with Crippen LogP contribution in [0.1, 0.15) is 0 Å². The Labute approximate surface area is 106 Å². The summed E-state index contributed by atoms with van der Waals surface area (Å²) >= 11 is 0. The Kier molecular flexibility index (Phi) is 3.38. The van der Waals surface area contributed by atoms with E-state index < -0.39 is 9.84 Å². The van der Waals surface area contributed by atoms with Crippen molar-refractivity contribution in [2.24, 2.45) is 0 Å². The molecule has 0 bridgehead atoms. The molecule has 2 rings (SSSR count). The molecule has 0 unspecified atom stereocenters. The third kappa shape index (κ3) is 2.89. The van der Waals surface area contributed by atoms with E-state index in [9.17, 15) is 8.42 Å². The number of sulfone groups is 1. The van der Waals surface area contributed by atoms with Crippen LogP contribution in [0.2, 0.25) is 0 Å². The summed E-state index contributed by atoms with van der Waals surface area (Å²) in [5.74, 6) is 0.0890. The molecule has 5 nitrogen and oxygen atoms in total. The molecule has 96 valence electrons. The molecule has 2 aromatic rings. The van der Waals surface area contributed by atoms with E-state index in [2.05, 4.69) is 10.3 Å². The van der Waals surface area contributed by atoms with Gasteiger partial charge in [-0.05, 0) is 24.3 Å². The molecular weight excluding hydrogens is 250 g/mol. The third-order valence-corrected chi connectivity index (χ3v) is 3.54. The summed E-state index contributed by atoms with van der Waals surface area (Å²) in [5.41, 5.74) is 8.07. The molecule has 0 aliphatic carbocycles. The second-order valence-corrected chi connectivity index (χ2v) is 6.42.